The number of hydrogen-bond donors (Lipinski definition) is 1. The Balaban J connectivity index is 1.71. The van der Waals surface area contributed by atoms with Crippen molar-refractivity contribution >= 4 is 21.4 Å². The van der Waals surface area contributed by atoms with E-state index in [2.05, 4.69) is 29.3 Å². The summed E-state index contributed by atoms with van der Waals surface area (Å²) in [5, 5.41) is 2.95. The first kappa shape index (κ1) is 16.3. The maximum absolute atomic E-state index is 12.5. The van der Waals surface area contributed by atoms with E-state index in [0.29, 0.717) is 12.5 Å². The van der Waals surface area contributed by atoms with Gasteiger partial charge >= 0.3 is 0 Å². The molecule has 1 aromatic rings. The highest BCUT2D eigenvalue weighted by Gasteiger charge is 2.39. The highest BCUT2D eigenvalue weighted by atomic mass is 32.2. The molecule has 3 rings (SSSR count). The summed E-state index contributed by atoms with van der Waals surface area (Å²) in [6, 6.07) is 8.48. The third-order valence-electron chi connectivity index (χ3n) is 4.92. The number of sulfone groups is 1. The fourth-order valence-electron chi connectivity index (χ4n) is 3.64. The van der Waals surface area contributed by atoms with Gasteiger partial charge in [0, 0.05) is 11.7 Å². The molecule has 1 N–H and O–H groups in total. The van der Waals surface area contributed by atoms with Gasteiger partial charge in [-0.25, -0.2) is 8.42 Å². The van der Waals surface area contributed by atoms with E-state index in [1.807, 2.05) is 19.1 Å². The highest BCUT2D eigenvalue weighted by Crippen LogP contribution is 2.30. The van der Waals surface area contributed by atoms with E-state index in [4.69, 9.17) is 0 Å². The summed E-state index contributed by atoms with van der Waals surface area (Å²) in [6.45, 7) is 4.22. The minimum Gasteiger partial charge on any atom is -0.359 e. The lowest BCUT2D eigenvalue weighted by Crippen LogP contribution is -2.52. The molecule has 2 aliphatic rings. The average molecular weight is 336 g/mol. The smallest absolute Gasteiger partial charge is 0.239 e. The van der Waals surface area contributed by atoms with Crippen molar-refractivity contribution in [3.63, 3.8) is 0 Å². The van der Waals surface area contributed by atoms with Crippen molar-refractivity contribution in [2.24, 2.45) is 0 Å². The number of para-hydroxylation sites is 1. The Labute approximate surface area is 138 Å². The standard InChI is InChI=1S/C17H24N2O3S/c1-13-7-8-14-5-3-4-6-15(14)19(13)11-16(20)18-17(2)9-10-23(21,22)12-17/h3-6,13H,7-12H2,1-2H3,(H,18,20). The normalized spacial score (nSPS) is 29.1. The number of rotatable bonds is 3. The highest BCUT2D eigenvalue weighted by molar-refractivity contribution is 7.91. The number of nitrogens with zero attached hydrogens (tertiary/aromatic N) is 1. The first-order valence-corrected chi connectivity index (χ1v) is 9.96. The summed E-state index contributed by atoms with van der Waals surface area (Å²) in [5.74, 6) is 0.0955. The predicted molar refractivity (Wildman–Crippen MR) is 91.4 cm³/mol. The van der Waals surface area contributed by atoms with Gasteiger partial charge in [-0.3, -0.25) is 4.79 Å². The molecule has 1 saturated heterocycles. The van der Waals surface area contributed by atoms with E-state index < -0.39 is 15.4 Å². The fraction of sp³-hybridized carbons (Fsp3) is 0.588. The van der Waals surface area contributed by atoms with Gasteiger partial charge in [0.1, 0.15) is 0 Å². The monoisotopic (exact) mass is 336 g/mol. The number of fused-ring (bicyclic) bond motifs is 1. The van der Waals surface area contributed by atoms with Crippen LogP contribution < -0.4 is 10.2 Å². The van der Waals surface area contributed by atoms with Crippen molar-refractivity contribution in [3.8, 4) is 0 Å². The first-order valence-electron chi connectivity index (χ1n) is 8.14. The van der Waals surface area contributed by atoms with Crippen LogP contribution in [0.15, 0.2) is 24.3 Å². The fourth-order valence-corrected chi connectivity index (χ4v) is 5.73. The summed E-state index contributed by atoms with van der Waals surface area (Å²) in [5.41, 5.74) is 1.76. The lowest BCUT2D eigenvalue weighted by atomic mass is 9.96. The van der Waals surface area contributed by atoms with E-state index in [0.717, 1.165) is 18.5 Å². The van der Waals surface area contributed by atoms with E-state index >= 15 is 0 Å². The van der Waals surface area contributed by atoms with E-state index in [-0.39, 0.29) is 24.0 Å². The molecule has 126 valence electrons. The lowest BCUT2D eigenvalue weighted by Gasteiger charge is -2.37. The molecule has 2 atom stereocenters. The van der Waals surface area contributed by atoms with Crippen LogP contribution in [0.2, 0.25) is 0 Å². The number of carbonyl (C=O) groups is 1. The number of carbonyl (C=O) groups excluding carboxylic acids is 1. The zero-order chi connectivity index (χ0) is 16.7. The number of amides is 1. The molecular weight excluding hydrogens is 312 g/mol. The number of benzene rings is 1. The van der Waals surface area contributed by atoms with Crippen LogP contribution in [0.5, 0.6) is 0 Å². The maximum atomic E-state index is 12.5. The van der Waals surface area contributed by atoms with Gasteiger partial charge in [-0.15, -0.1) is 0 Å². The molecule has 5 nitrogen and oxygen atoms in total. The number of anilines is 1. The van der Waals surface area contributed by atoms with Gasteiger partial charge in [0.15, 0.2) is 9.84 Å². The summed E-state index contributed by atoms with van der Waals surface area (Å²) in [7, 11) is -3.02. The third kappa shape index (κ3) is 3.52. The topological polar surface area (TPSA) is 66.5 Å². The van der Waals surface area contributed by atoms with Crippen molar-refractivity contribution in [3.05, 3.63) is 29.8 Å². The molecular formula is C17H24N2O3S. The molecule has 6 heteroatoms. The zero-order valence-corrected chi connectivity index (χ0v) is 14.5. The van der Waals surface area contributed by atoms with Crippen LogP contribution in [0.1, 0.15) is 32.3 Å². The van der Waals surface area contributed by atoms with Crippen molar-refractivity contribution in [1.29, 1.82) is 0 Å². The van der Waals surface area contributed by atoms with Gasteiger partial charge < -0.3 is 10.2 Å². The predicted octanol–water partition coefficient (Wildman–Crippen LogP) is 1.52. The summed E-state index contributed by atoms with van der Waals surface area (Å²) in [6.07, 6.45) is 2.55. The van der Waals surface area contributed by atoms with Crippen LogP contribution in [0, 0.1) is 0 Å². The minimum absolute atomic E-state index is 0.0396. The number of nitrogens with one attached hydrogen (secondary N) is 1. The molecule has 2 unspecified atom stereocenters. The molecule has 0 bridgehead atoms. The van der Waals surface area contributed by atoms with Gasteiger partial charge in [0.25, 0.3) is 0 Å². The molecule has 1 amide bonds. The Hall–Kier alpha value is -1.56. The Kier molecular flexibility index (Phi) is 4.12. The van der Waals surface area contributed by atoms with Crippen LogP contribution in [0.3, 0.4) is 0 Å². The summed E-state index contributed by atoms with van der Waals surface area (Å²) >= 11 is 0. The van der Waals surface area contributed by atoms with E-state index in [9.17, 15) is 13.2 Å². The Bertz CT molecular complexity index is 716. The molecule has 0 spiro atoms. The van der Waals surface area contributed by atoms with Crippen LogP contribution >= 0.6 is 0 Å². The first-order chi connectivity index (χ1) is 10.8. The molecule has 0 radical (unpaired) electrons. The number of aryl methyl sites for hydroxylation is 1. The second kappa shape index (κ2) is 5.82. The van der Waals surface area contributed by atoms with Crippen molar-refractivity contribution in [2.45, 2.75) is 44.7 Å². The Morgan fingerprint density at radius 3 is 2.83 bits per heavy atom. The Morgan fingerprint density at radius 2 is 2.13 bits per heavy atom. The van der Waals surface area contributed by atoms with Crippen LogP contribution in [-0.4, -0.2) is 44.0 Å². The molecule has 2 heterocycles. The van der Waals surface area contributed by atoms with Gasteiger partial charge in [0.05, 0.1) is 23.6 Å². The average Bonchev–Trinajstić information content (AvgIpc) is 2.75. The molecule has 1 fully saturated rings. The van der Waals surface area contributed by atoms with Crippen LogP contribution in [0.4, 0.5) is 5.69 Å². The molecule has 0 aromatic heterocycles. The number of hydrogen-bond acceptors (Lipinski definition) is 4. The molecule has 2 aliphatic heterocycles. The van der Waals surface area contributed by atoms with Gasteiger partial charge in [-0.1, -0.05) is 18.2 Å². The molecule has 23 heavy (non-hydrogen) atoms. The van der Waals surface area contributed by atoms with Gasteiger partial charge in [-0.05, 0) is 44.7 Å². The lowest BCUT2D eigenvalue weighted by molar-refractivity contribution is -0.121. The van der Waals surface area contributed by atoms with Gasteiger partial charge in [0.2, 0.25) is 5.91 Å². The quantitative estimate of drug-likeness (QED) is 0.909. The molecule has 1 aromatic carbocycles. The second-order valence-corrected chi connectivity index (χ2v) is 9.28. The molecule has 0 saturated carbocycles. The maximum Gasteiger partial charge on any atom is 0.239 e. The van der Waals surface area contributed by atoms with Crippen LogP contribution in [0.25, 0.3) is 0 Å². The van der Waals surface area contributed by atoms with Crippen molar-refractivity contribution < 1.29 is 13.2 Å². The van der Waals surface area contributed by atoms with E-state index in [1.54, 1.807) is 0 Å². The SMILES string of the molecule is CC1CCc2ccccc2N1CC(=O)NC1(C)CCS(=O)(=O)C1. The summed E-state index contributed by atoms with van der Waals surface area (Å²) < 4.78 is 23.3. The van der Waals surface area contributed by atoms with Gasteiger partial charge in [-0.2, -0.15) is 0 Å². The minimum atomic E-state index is -3.02. The summed E-state index contributed by atoms with van der Waals surface area (Å²) in [4.78, 5) is 14.6. The van der Waals surface area contributed by atoms with Crippen molar-refractivity contribution in [2.75, 3.05) is 23.0 Å². The third-order valence-corrected chi connectivity index (χ3v) is 6.83. The zero-order valence-electron chi connectivity index (χ0n) is 13.7. The largest absolute Gasteiger partial charge is 0.359 e. The Morgan fingerprint density at radius 1 is 1.39 bits per heavy atom. The van der Waals surface area contributed by atoms with Crippen LogP contribution in [-0.2, 0) is 21.1 Å². The second-order valence-electron chi connectivity index (χ2n) is 7.10. The molecule has 0 aliphatic carbocycles. The van der Waals surface area contributed by atoms with Crippen molar-refractivity contribution in [1.82, 2.24) is 5.32 Å². The van der Waals surface area contributed by atoms with E-state index in [1.165, 1.54) is 5.56 Å².